The van der Waals surface area contributed by atoms with Crippen LogP contribution in [0.15, 0.2) is 24.3 Å². The smallest absolute Gasteiger partial charge is 0.407 e. The number of hydrogen-bond donors (Lipinski definition) is 1. The van der Waals surface area contributed by atoms with Crippen molar-refractivity contribution in [2.24, 2.45) is 0 Å². The second kappa shape index (κ2) is 8.61. The van der Waals surface area contributed by atoms with Crippen LogP contribution in [0.3, 0.4) is 0 Å². The molecule has 0 aliphatic carbocycles. The third-order valence-corrected chi connectivity index (χ3v) is 6.39. The van der Waals surface area contributed by atoms with E-state index in [1.165, 1.54) is 31.4 Å². The molecule has 10 nitrogen and oxygen atoms in total. The van der Waals surface area contributed by atoms with Crippen LogP contribution in [0.5, 0.6) is 5.75 Å². The molecule has 1 aliphatic heterocycles. The lowest BCUT2D eigenvalue weighted by Gasteiger charge is -2.31. The molecule has 0 saturated carbocycles. The maximum Gasteiger partial charge on any atom is 0.407 e. The van der Waals surface area contributed by atoms with Crippen molar-refractivity contribution in [1.29, 1.82) is 0 Å². The largest absolute Gasteiger partial charge is 0.497 e. The molecule has 0 spiro atoms. The maximum atomic E-state index is 15.2. The molecule has 2 rings (SSSR count). The fourth-order valence-electron chi connectivity index (χ4n) is 3.12. The molecule has 0 aromatic heterocycles. The van der Waals surface area contributed by atoms with Crippen LogP contribution >= 0.6 is 0 Å². The predicted octanol–water partition coefficient (Wildman–Crippen LogP) is 0.799. The minimum Gasteiger partial charge on any atom is -0.497 e. The van der Waals surface area contributed by atoms with E-state index in [1.807, 2.05) is 0 Å². The van der Waals surface area contributed by atoms with Crippen molar-refractivity contribution in [3.63, 3.8) is 0 Å². The van der Waals surface area contributed by atoms with Gasteiger partial charge in [-0.2, -0.15) is 12.7 Å². The highest BCUT2D eigenvalue weighted by atomic mass is 32.2. The summed E-state index contributed by atoms with van der Waals surface area (Å²) >= 11 is 0. The van der Waals surface area contributed by atoms with Gasteiger partial charge in [0, 0.05) is 13.1 Å². The quantitative estimate of drug-likeness (QED) is 0.550. The molecule has 1 N–H and O–H groups in total. The fraction of sp³-hybridized carbons (Fsp3) is 0.562. The molecule has 1 fully saturated rings. The number of sulfonamides is 1. The van der Waals surface area contributed by atoms with E-state index in [1.54, 1.807) is 0 Å². The predicted molar refractivity (Wildman–Crippen MR) is 101 cm³/mol. The van der Waals surface area contributed by atoms with Gasteiger partial charge >= 0.3 is 6.09 Å². The molecule has 1 aromatic carbocycles. The number of carboxylic acid groups (broad SMARTS) is 1. The molecule has 0 radical (unpaired) electrons. The van der Waals surface area contributed by atoms with Gasteiger partial charge in [-0.25, -0.2) is 22.0 Å². The van der Waals surface area contributed by atoms with Gasteiger partial charge in [-0.15, -0.1) is 0 Å². The van der Waals surface area contributed by atoms with Gasteiger partial charge in [0.05, 0.1) is 26.2 Å². The number of benzene rings is 1. The third kappa shape index (κ3) is 5.56. The number of hydrogen-bond acceptors (Lipinski definition) is 7. The van der Waals surface area contributed by atoms with Crippen molar-refractivity contribution < 1.29 is 44.4 Å². The molecule has 1 aliphatic rings. The van der Waals surface area contributed by atoms with Gasteiger partial charge in [0.2, 0.25) is 10.0 Å². The van der Waals surface area contributed by atoms with Gasteiger partial charge in [0.25, 0.3) is 16.0 Å². The summed E-state index contributed by atoms with van der Waals surface area (Å²) in [5.74, 6) is -3.44. The topological polar surface area (TPSA) is 131 Å². The Morgan fingerprint density at radius 3 is 2.23 bits per heavy atom. The van der Waals surface area contributed by atoms with Crippen molar-refractivity contribution in [1.82, 2.24) is 9.21 Å². The van der Waals surface area contributed by atoms with Gasteiger partial charge < -0.3 is 9.84 Å². The molecule has 0 bridgehead atoms. The summed E-state index contributed by atoms with van der Waals surface area (Å²) in [4.78, 5) is 11.8. The van der Waals surface area contributed by atoms with Crippen molar-refractivity contribution in [3.05, 3.63) is 29.8 Å². The Morgan fingerprint density at radius 1 is 1.23 bits per heavy atom. The Bertz CT molecular complexity index is 983. The van der Waals surface area contributed by atoms with E-state index in [0.29, 0.717) is 26.8 Å². The number of carbonyl (C=O) groups is 1. The first-order valence-electron chi connectivity index (χ1n) is 8.48. The highest BCUT2D eigenvalue weighted by molar-refractivity contribution is 7.88. The Morgan fingerprint density at radius 2 is 1.80 bits per heavy atom. The summed E-state index contributed by atoms with van der Waals surface area (Å²) in [6, 6.07) is 1.78. The summed E-state index contributed by atoms with van der Waals surface area (Å²) in [6.45, 7) is -2.45. The normalized spacial score (nSPS) is 21.7. The van der Waals surface area contributed by atoms with E-state index in [-0.39, 0.29) is 0 Å². The van der Waals surface area contributed by atoms with E-state index >= 15 is 8.78 Å². The minimum absolute atomic E-state index is 0.294. The number of alkyl halides is 2. The molecule has 14 heteroatoms. The molecular formula is C16H22F2N2O8S2. The monoisotopic (exact) mass is 472 g/mol. The van der Waals surface area contributed by atoms with E-state index in [9.17, 15) is 26.7 Å². The molecule has 30 heavy (non-hydrogen) atoms. The van der Waals surface area contributed by atoms with Crippen LogP contribution in [0.2, 0.25) is 0 Å². The lowest BCUT2D eigenvalue weighted by molar-refractivity contribution is -0.0737. The fourth-order valence-corrected chi connectivity index (χ4v) is 4.55. The number of likely N-dealkylation sites (tertiary alicyclic amines) is 1. The van der Waals surface area contributed by atoms with Crippen LogP contribution in [0.4, 0.5) is 13.6 Å². The van der Waals surface area contributed by atoms with Gasteiger partial charge in [-0.3, -0.25) is 9.08 Å². The Balaban J connectivity index is 2.40. The zero-order valence-electron chi connectivity index (χ0n) is 16.4. The van der Waals surface area contributed by atoms with Crippen LogP contribution in [0.1, 0.15) is 5.56 Å². The van der Waals surface area contributed by atoms with Crippen LogP contribution in [0.25, 0.3) is 0 Å². The zero-order valence-corrected chi connectivity index (χ0v) is 18.0. The van der Waals surface area contributed by atoms with Gasteiger partial charge in [-0.05, 0) is 17.7 Å². The average Bonchev–Trinajstić information content (AvgIpc) is 2.87. The molecule has 0 unspecified atom stereocenters. The summed E-state index contributed by atoms with van der Waals surface area (Å²) in [7, 11) is -6.91. The maximum absolute atomic E-state index is 15.2. The summed E-state index contributed by atoms with van der Waals surface area (Å²) in [6.07, 6.45) is -0.384. The summed E-state index contributed by atoms with van der Waals surface area (Å²) < 4.78 is 87.2. The summed E-state index contributed by atoms with van der Waals surface area (Å²) in [5.41, 5.74) is 0.370. The highest BCUT2D eigenvalue weighted by Gasteiger charge is 2.61. The first-order valence-corrected chi connectivity index (χ1v) is 12.1. The third-order valence-electron chi connectivity index (χ3n) is 4.59. The molecule has 1 aromatic rings. The molecule has 1 amide bonds. The van der Waals surface area contributed by atoms with Crippen LogP contribution in [0, 0.1) is 0 Å². The van der Waals surface area contributed by atoms with E-state index in [2.05, 4.69) is 4.18 Å². The van der Waals surface area contributed by atoms with Gasteiger partial charge in [-0.1, -0.05) is 12.1 Å². The first kappa shape index (κ1) is 24.2. The molecule has 170 valence electrons. The Hall–Kier alpha value is -2.03. The minimum atomic E-state index is -4.21. The van der Waals surface area contributed by atoms with Crippen LogP contribution < -0.4 is 4.74 Å². The van der Waals surface area contributed by atoms with Gasteiger partial charge in [0.1, 0.15) is 17.8 Å². The van der Waals surface area contributed by atoms with Crippen molar-refractivity contribution in [2.45, 2.75) is 24.6 Å². The van der Waals surface area contributed by atoms with Crippen molar-refractivity contribution >= 4 is 26.2 Å². The molecule has 1 saturated heterocycles. The van der Waals surface area contributed by atoms with E-state index in [0.717, 1.165) is 6.26 Å². The molecule has 2 atom stereocenters. The second-order valence-electron chi connectivity index (χ2n) is 6.79. The summed E-state index contributed by atoms with van der Waals surface area (Å²) in [5, 5.41) is 9.30. The zero-order chi connectivity index (χ0) is 22.9. The Labute approximate surface area is 173 Å². The SMILES string of the molecule is COc1ccc(CN([C@@H]2CN(C(=O)O)[C@H](COS(C)(=O)=O)C2(F)F)S(C)(=O)=O)cc1. The molecular weight excluding hydrogens is 450 g/mol. The standard InChI is InChI=1S/C16H22F2N2O8S2/c1-27-12-6-4-11(5-7-12)8-20(29(2,23)24)13-9-19(15(21)22)14(16(13,17)18)10-28-30(3,25)26/h4-7,13-14H,8-10H2,1-3H3,(H,21,22)/t13-,14-/m1/s1. The number of nitrogens with zero attached hydrogens (tertiary/aromatic N) is 2. The van der Waals surface area contributed by atoms with Crippen LogP contribution in [-0.4, -0.2) is 88.0 Å². The number of methoxy groups -OCH3 is 1. The number of amides is 1. The van der Waals surface area contributed by atoms with E-state index in [4.69, 9.17) is 4.74 Å². The van der Waals surface area contributed by atoms with Crippen molar-refractivity contribution in [3.8, 4) is 5.75 Å². The average molecular weight is 472 g/mol. The number of ether oxygens (including phenoxy) is 1. The highest BCUT2D eigenvalue weighted by Crippen LogP contribution is 2.39. The van der Waals surface area contributed by atoms with Crippen molar-refractivity contribution in [2.75, 3.05) is 32.8 Å². The van der Waals surface area contributed by atoms with Crippen LogP contribution in [-0.2, 0) is 30.9 Å². The Kier molecular flexibility index (Phi) is 6.96. The van der Waals surface area contributed by atoms with Gasteiger partial charge in [0.15, 0.2) is 0 Å². The van der Waals surface area contributed by atoms with E-state index < -0.39 is 63.9 Å². The molecule has 1 heterocycles. The number of halogens is 2. The first-order chi connectivity index (χ1) is 13.7. The lowest BCUT2D eigenvalue weighted by Crippen LogP contribution is -2.52. The lowest BCUT2D eigenvalue weighted by atomic mass is 10.1. The number of rotatable bonds is 8. The second-order valence-corrected chi connectivity index (χ2v) is 10.4.